The molecule has 1 atom stereocenters. The lowest BCUT2D eigenvalue weighted by molar-refractivity contribution is -0.144. The Morgan fingerprint density at radius 2 is 1.83 bits per heavy atom. The number of hydrogen-bond acceptors (Lipinski definition) is 4. The van der Waals surface area contributed by atoms with Crippen LogP contribution in [-0.2, 0) is 14.8 Å². The first kappa shape index (κ1) is 16.9. The minimum absolute atomic E-state index is 0.310. The molecule has 2 aromatic rings. The first-order valence-electron chi connectivity index (χ1n) is 7.78. The Balaban J connectivity index is 1.94. The van der Waals surface area contributed by atoms with Crippen molar-refractivity contribution >= 4 is 26.9 Å². The number of carbonyl (C=O) groups is 1. The Labute approximate surface area is 140 Å². The van der Waals surface area contributed by atoms with Crippen molar-refractivity contribution in [2.75, 3.05) is 32.4 Å². The number of hydrogen-bond donors (Lipinski definition) is 2. The molecule has 7 nitrogen and oxygen atoms in total. The van der Waals surface area contributed by atoms with Gasteiger partial charge in [0.2, 0.25) is 10.0 Å². The van der Waals surface area contributed by atoms with Gasteiger partial charge in [-0.05, 0) is 13.0 Å². The number of para-hydroxylation sites is 1. The molecule has 0 radical (unpaired) electrons. The number of carboxylic acids is 1. The highest BCUT2D eigenvalue weighted by Crippen LogP contribution is 2.32. The maximum Gasteiger partial charge on any atom is 0.325 e. The van der Waals surface area contributed by atoms with Crippen LogP contribution in [0.1, 0.15) is 17.3 Å². The van der Waals surface area contributed by atoms with E-state index in [0.29, 0.717) is 26.2 Å². The third kappa shape index (κ3) is 3.04. The van der Waals surface area contributed by atoms with Crippen molar-refractivity contribution in [1.29, 1.82) is 0 Å². The van der Waals surface area contributed by atoms with Crippen LogP contribution in [0.4, 0.5) is 0 Å². The second-order valence-electron chi connectivity index (χ2n) is 6.15. The smallest absolute Gasteiger partial charge is 0.325 e. The predicted molar refractivity (Wildman–Crippen MR) is 91.4 cm³/mol. The van der Waals surface area contributed by atoms with Gasteiger partial charge in [0.15, 0.2) is 0 Å². The molecule has 1 fully saturated rings. The van der Waals surface area contributed by atoms with Gasteiger partial charge in [0, 0.05) is 48.3 Å². The van der Waals surface area contributed by atoms with Crippen LogP contribution in [-0.4, -0.2) is 66.1 Å². The minimum Gasteiger partial charge on any atom is -0.480 e. The Kier molecular flexibility index (Phi) is 4.37. The summed E-state index contributed by atoms with van der Waals surface area (Å²) in [6, 6.07) is 6.84. The molecule has 2 heterocycles. The summed E-state index contributed by atoms with van der Waals surface area (Å²) in [6.07, 6.45) is 1.18. The van der Waals surface area contributed by atoms with Crippen LogP contribution in [0.25, 0.3) is 10.9 Å². The molecule has 130 valence electrons. The van der Waals surface area contributed by atoms with Crippen molar-refractivity contribution in [3.05, 3.63) is 35.5 Å². The average Bonchev–Trinajstić information content (AvgIpc) is 2.83. The number of nitrogens with one attached hydrogen (secondary N) is 1. The van der Waals surface area contributed by atoms with Crippen LogP contribution in [0.15, 0.2) is 24.3 Å². The standard InChI is InChI=1S/C16H21N3O4S/c1-11-14(12-5-3-4-6-13(12)17-11)15(16(20)21)18-7-9-19(10-8-18)24(2,22)23/h3-6,15,17H,7-10H2,1-2H3,(H,20,21)/t15-/m0/s1. The van der Waals surface area contributed by atoms with Crippen molar-refractivity contribution in [1.82, 2.24) is 14.2 Å². The number of aryl methyl sites for hydroxylation is 1. The number of piperazine rings is 1. The fourth-order valence-corrected chi connectivity index (χ4v) is 4.23. The number of aromatic amines is 1. The molecular weight excluding hydrogens is 330 g/mol. The molecule has 1 saturated heterocycles. The van der Waals surface area contributed by atoms with E-state index in [1.54, 1.807) is 0 Å². The summed E-state index contributed by atoms with van der Waals surface area (Å²) in [5.41, 5.74) is 2.49. The molecule has 3 rings (SSSR count). The second-order valence-corrected chi connectivity index (χ2v) is 8.13. The highest BCUT2D eigenvalue weighted by atomic mass is 32.2. The first-order valence-corrected chi connectivity index (χ1v) is 9.63. The maximum atomic E-state index is 12.0. The monoisotopic (exact) mass is 351 g/mol. The van der Waals surface area contributed by atoms with Gasteiger partial charge in [0.25, 0.3) is 0 Å². The summed E-state index contributed by atoms with van der Waals surface area (Å²) < 4.78 is 24.7. The summed E-state index contributed by atoms with van der Waals surface area (Å²) in [7, 11) is -3.24. The quantitative estimate of drug-likeness (QED) is 0.863. The van der Waals surface area contributed by atoms with E-state index < -0.39 is 22.0 Å². The molecule has 24 heavy (non-hydrogen) atoms. The lowest BCUT2D eigenvalue weighted by Gasteiger charge is -2.36. The largest absolute Gasteiger partial charge is 0.480 e. The lowest BCUT2D eigenvalue weighted by atomic mass is 10.0. The molecule has 0 unspecified atom stereocenters. The number of sulfonamides is 1. The van der Waals surface area contributed by atoms with E-state index in [1.807, 2.05) is 36.1 Å². The zero-order valence-electron chi connectivity index (χ0n) is 13.7. The average molecular weight is 351 g/mol. The molecule has 2 N–H and O–H groups in total. The second kappa shape index (κ2) is 6.19. The van der Waals surface area contributed by atoms with Gasteiger partial charge >= 0.3 is 5.97 Å². The van der Waals surface area contributed by atoms with E-state index in [2.05, 4.69) is 4.98 Å². The maximum absolute atomic E-state index is 12.0. The summed E-state index contributed by atoms with van der Waals surface area (Å²) in [5.74, 6) is -0.921. The van der Waals surface area contributed by atoms with Crippen LogP contribution in [0.5, 0.6) is 0 Å². The van der Waals surface area contributed by atoms with Gasteiger partial charge < -0.3 is 10.1 Å². The number of nitrogens with zero attached hydrogens (tertiary/aromatic N) is 2. The zero-order chi connectivity index (χ0) is 17.5. The van der Waals surface area contributed by atoms with Gasteiger partial charge in [0.1, 0.15) is 6.04 Å². The van der Waals surface area contributed by atoms with Crippen molar-refractivity contribution in [2.45, 2.75) is 13.0 Å². The van der Waals surface area contributed by atoms with Gasteiger partial charge in [-0.25, -0.2) is 8.42 Å². The third-order valence-electron chi connectivity index (χ3n) is 4.56. The fourth-order valence-electron chi connectivity index (χ4n) is 3.41. The van der Waals surface area contributed by atoms with Crippen molar-refractivity contribution in [3.8, 4) is 0 Å². The number of H-pyrrole nitrogens is 1. The molecular formula is C16H21N3O4S. The Hall–Kier alpha value is -1.90. The third-order valence-corrected chi connectivity index (χ3v) is 5.86. The van der Waals surface area contributed by atoms with Crippen LogP contribution < -0.4 is 0 Å². The van der Waals surface area contributed by atoms with Crippen LogP contribution in [0.2, 0.25) is 0 Å². The van der Waals surface area contributed by atoms with Crippen LogP contribution >= 0.6 is 0 Å². The highest BCUT2D eigenvalue weighted by molar-refractivity contribution is 7.88. The Morgan fingerprint density at radius 1 is 1.21 bits per heavy atom. The number of rotatable bonds is 4. The molecule has 1 aliphatic rings. The SMILES string of the molecule is Cc1[nH]c2ccccc2c1[C@@H](C(=O)O)N1CCN(S(C)(=O)=O)CC1. The minimum atomic E-state index is -3.24. The normalized spacial score (nSPS) is 18.8. The summed E-state index contributed by atoms with van der Waals surface area (Å²) in [6.45, 7) is 3.28. The summed E-state index contributed by atoms with van der Waals surface area (Å²) in [5, 5.41) is 10.7. The Morgan fingerprint density at radius 3 is 2.42 bits per heavy atom. The van der Waals surface area contributed by atoms with Gasteiger partial charge in [-0.2, -0.15) is 4.31 Å². The van der Waals surface area contributed by atoms with E-state index in [1.165, 1.54) is 10.6 Å². The topological polar surface area (TPSA) is 93.7 Å². The molecule has 0 spiro atoms. The summed E-state index contributed by atoms with van der Waals surface area (Å²) in [4.78, 5) is 17.1. The number of carboxylic acid groups (broad SMARTS) is 1. The van der Waals surface area contributed by atoms with Gasteiger partial charge in [-0.1, -0.05) is 18.2 Å². The number of aromatic nitrogens is 1. The molecule has 0 amide bonds. The van der Waals surface area contributed by atoms with E-state index in [0.717, 1.165) is 22.2 Å². The molecule has 0 bridgehead atoms. The van der Waals surface area contributed by atoms with Crippen molar-refractivity contribution in [3.63, 3.8) is 0 Å². The zero-order valence-corrected chi connectivity index (χ0v) is 14.5. The van der Waals surface area contributed by atoms with Gasteiger partial charge in [0.05, 0.1) is 6.26 Å². The molecule has 1 aliphatic heterocycles. The number of fused-ring (bicyclic) bond motifs is 1. The lowest BCUT2D eigenvalue weighted by Crippen LogP contribution is -2.50. The number of benzene rings is 1. The number of aliphatic carboxylic acids is 1. The van der Waals surface area contributed by atoms with E-state index in [4.69, 9.17) is 0 Å². The molecule has 8 heteroatoms. The van der Waals surface area contributed by atoms with Crippen molar-refractivity contribution < 1.29 is 18.3 Å². The highest BCUT2D eigenvalue weighted by Gasteiger charge is 2.34. The van der Waals surface area contributed by atoms with E-state index in [-0.39, 0.29) is 0 Å². The van der Waals surface area contributed by atoms with Gasteiger partial charge in [-0.15, -0.1) is 0 Å². The molecule has 0 aliphatic carbocycles. The first-order chi connectivity index (χ1) is 11.3. The predicted octanol–water partition coefficient (Wildman–Crippen LogP) is 1.18. The molecule has 1 aromatic carbocycles. The van der Waals surface area contributed by atoms with Gasteiger partial charge in [-0.3, -0.25) is 9.69 Å². The fraction of sp³-hybridized carbons (Fsp3) is 0.438. The van der Waals surface area contributed by atoms with Crippen LogP contribution in [0.3, 0.4) is 0 Å². The summed E-state index contributed by atoms with van der Waals surface area (Å²) >= 11 is 0. The van der Waals surface area contributed by atoms with Crippen LogP contribution in [0, 0.1) is 6.92 Å². The van der Waals surface area contributed by atoms with Crippen molar-refractivity contribution in [2.24, 2.45) is 0 Å². The van der Waals surface area contributed by atoms with E-state index in [9.17, 15) is 18.3 Å². The van der Waals surface area contributed by atoms with E-state index >= 15 is 0 Å². The Bertz CT molecular complexity index is 867. The molecule has 0 saturated carbocycles. The molecule has 1 aromatic heterocycles.